The fourth-order valence-electron chi connectivity index (χ4n) is 2.83. The van der Waals surface area contributed by atoms with Crippen LogP contribution in [0.3, 0.4) is 0 Å². The number of halogens is 3. The first-order valence-corrected chi connectivity index (χ1v) is 7.41. The molecule has 1 N–H and O–H groups in total. The van der Waals surface area contributed by atoms with Gasteiger partial charge in [0.15, 0.2) is 0 Å². The number of aromatic nitrogens is 2. The molecule has 0 spiro atoms. The lowest BCUT2D eigenvalue weighted by Crippen LogP contribution is -2.35. The van der Waals surface area contributed by atoms with E-state index in [9.17, 15) is 13.2 Å². The number of alkyl halides is 3. The van der Waals surface area contributed by atoms with Gasteiger partial charge in [0.2, 0.25) is 0 Å². The zero-order valence-corrected chi connectivity index (χ0v) is 12.0. The van der Waals surface area contributed by atoms with Crippen LogP contribution >= 0.6 is 0 Å². The van der Waals surface area contributed by atoms with E-state index in [1.54, 1.807) is 4.68 Å². The molecular formula is C14H22F3N3O. The highest BCUT2D eigenvalue weighted by molar-refractivity contribution is 5.08. The molecule has 0 amide bonds. The van der Waals surface area contributed by atoms with Crippen molar-refractivity contribution in [3.8, 4) is 0 Å². The van der Waals surface area contributed by atoms with Gasteiger partial charge in [0.05, 0.1) is 18.8 Å². The van der Waals surface area contributed by atoms with Crippen LogP contribution in [0.2, 0.25) is 0 Å². The lowest BCUT2D eigenvalue weighted by atomic mass is 9.95. The number of nitrogens with zero attached hydrogens (tertiary/aromatic N) is 3. The Hall–Kier alpha value is -1.08. The fraction of sp³-hybridized carbons (Fsp3) is 0.786. The minimum Gasteiger partial charge on any atom is -0.394 e. The first kappa shape index (κ1) is 16.3. The number of rotatable bonds is 6. The molecule has 1 atom stereocenters. The van der Waals surface area contributed by atoms with Gasteiger partial charge in [-0.05, 0) is 38.4 Å². The summed E-state index contributed by atoms with van der Waals surface area (Å²) in [6.45, 7) is 2.66. The monoisotopic (exact) mass is 305 g/mol. The summed E-state index contributed by atoms with van der Waals surface area (Å²) in [4.78, 5) is 2.10. The molecule has 1 aromatic heterocycles. The molecule has 1 aliphatic rings. The number of hydrogen-bond donors (Lipinski definition) is 1. The lowest BCUT2D eigenvalue weighted by Gasteiger charge is -2.32. The van der Waals surface area contributed by atoms with Crippen LogP contribution in [0.5, 0.6) is 0 Å². The molecular weight excluding hydrogens is 283 g/mol. The molecule has 120 valence electrons. The fourth-order valence-corrected chi connectivity index (χ4v) is 2.83. The van der Waals surface area contributed by atoms with E-state index in [0.29, 0.717) is 13.1 Å². The Morgan fingerprint density at radius 1 is 1.33 bits per heavy atom. The highest BCUT2D eigenvalue weighted by atomic mass is 19.4. The SMILES string of the molecule is OCCn1ccc(C2CCCN(CCCC(F)(F)F)C2)n1. The Kier molecular flexibility index (Phi) is 5.64. The molecule has 0 radical (unpaired) electrons. The minimum atomic E-state index is -4.06. The second-order valence-electron chi connectivity index (χ2n) is 5.59. The van der Waals surface area contributed by atoms with E-state index in [-0.39, 0.29) is 18.9 Å². The van der Waals surface area contributed by atoms with E-state index in [1.165, 1.54) is 0 Å². The van der Waals surface area contributed by atoms with E-state index < -0.39 is 12.6 Å². The highest BCUT2D eigenvalue weighted by Crippen LogP contribution is 2.27. The van der Waals surface area contributed by atoms with Crippen molar-refractivity contribution in [2.24, 2.45) is 0 Å². The Balaban J connectivity index is 1.82. The number of hydrogen-bond acceptors (Lipinski definition) is 3. The minimum absolute atomic E-state index is 0.0509. The molecule has 2 heterocycles. The van der Waals surface area contributed by atoms with E-state index in [1.807, 2.05) is 12.3 Å². The molecule has 0 bridgehead atoms. The van der Waals surface area contributed by atoms with Gasteiger partial charge >= 0.3 is 6.18 Å². The van der Waals surface area contributed by atoms with Gasteiger partial charge in [0, 0.05) is 25.1 Å². The second kappa shape index (κ2) is 7.26. The van der Waals surface area contributed by atoms with Gasteiger partial charge in [-0.25, -0.2) is 0 Å². The average Bonchev–Trinajstić information content (AvgIpc) is 2.87. The van der Waals surface area contributed by atoms with E-state index in [4.69, 9.17) is 5.11 Å². The summed E-state index contributed by atoms with van der Waals surface area (Å²) in [5.74, 6) is 0.282. The molecule has 1 aromatic rings. The molecule has 4 nitrogen and oxygen atoms in total. The second-order valence-corrected chi connectivity index (χ2v) is 5.59. The van der Waals surface area contributed by atoms with Gasteiger partial charge in [-0.1, -0.05) is 0 Å². The maximum Gasteiger partial charge on any atom is 0.389 e. The van der Waals surface area contributed by atoms with Gasteiger partial charge in [-0.2, -0.15) is 18.3 Å². The van der Waals surface area contributed by atoms with Crippen LogP contribution in [0.4, 0.5) is 13.2 Å². The van der Waals surface area contributed by atoms with Gasteiger partial charge < -0.3 is 10.0 Å². The van der Waals surface area contributed by atoms with Crippen molar-refractivity contribution in [3.63, 3.8) is 0 Å². The van der Waals surface area contributed by atoms with Gasteiger partial charge in [-0.15, -0.1) is 0 Å². The number of likely N-dealkylation sites (tertiary alicyclic amines) is 1. The molecule has 1 fully saturated rings. The summed E-state index contributed by atoms with van der Waals surface area (Å²) in [6.07, 6.45) is -0.754. The quantitative estimate of drug-likeness (QED) is 0.877. The van der Waals surface area contributed by atoms with Crippen LogP contribution in [-0.2, 0) is 6.54 Å². The third-order valence-electron chi connectivity index (χ3n) is 3.85. The first-order chi connectivity index (χ1) is 9.98. The molecule has 1 aliphatic heterocycles. The Labute approximate surface area is 122 Å². The Morgan fingerprint density at radius 2 is 2.14 bits per heavy atom. The lowest BCUT2D eigenvalue weighted by molar-refractivity contribution is -0.136. The summed E-state index contributed by atoms with van der Waals surface area (Å²) in [5.41, 5.74) is 0.976. The topological polar surface area (TPSA) is 41.3 Å². The summed E-state index contributed by atoms with van der Waals surface area (Å²) in [6, 6.07) is 1.94. The van der Waals surface area contributed by atoms with Crippen molar-refractivity contribution >= 4 is 0 Å². The average molecular weight is 305 g/mol. The van der Waals surface area contributed by atoms with Gasteiger partial charge in [-0.3, -0.25) is 4.68 Å². The Morgan fingerprint density at radius 3 is 2.86 bits per heavy atom. The van der Waals surface area contributed by atoms with Crippen molar-refractivity contribution in [3.05, 3.63) is 18.0 Å². The largest absolute Gasteiger partial charge is 0.394 e. The van der Waals surface area contributed by atoms with E-state index in [0.717, 1.165) is 31.6 Å². The zero-order valence-electron chi connectivity index (χ0n) is 12.0. The smallest absolute Gasteiger partial charge is 0.389 e. The van der Waals surface area contributed by atoms with Crippen molar-refractivity contribution in [1.82, 2.24) is 14.7 Å². The maximum absolute atomic E-state index is 12.2. The van der Waals surface area contributed by atoms with Crippen molar-refractivity contribution in [2.75, 3.05) is 26.2 Å². The molecule has 21 heavy (non-hydrogen) atoms. The van der Waals surface area contributed by atoms with Crippen LogP contribution in [0, 0.1) is 0 Å². The van der Waals surface area contributed by atoms with Crippen LogP contribution in [0.1, 0.15) is 37.3 Å². The predicted octanol–water partition coefficient (Wildman–Crippen LogP) is 2.40. The normalized spacial score (nSPS) is 20.9. The van der Waals surface area contributed by atoms with Crippen LogP contribution < -0.4 is 0 Å². The maximum atomic E-state index is 12.2. The number of piperidine rings is 1. The standard InChI is InChI=1S/C14H22F3N3O/c15-14(16,17)5-2-7-19-6-1-3-12(11-19)13-4-8-20(18-13)9-10-21/h4,8,12,21H,1-3,5-7,9-11H2. The van der Waals surface area contributed by atoms with Crippen molar-refractivity contribution in [1.29, 1.82) is 0 Å². The zero-order chi connectivity index (χ0) is 15.3. The molecule has 1 unspecified atom stereocenters. The summed E-state index contributed by atoms with van der Waals surface area (Å²) < 4.78 is 38.2. The molecule has 0 aromatic carbocycles. The third-order valence-corrected chi connectivity index (χ3v) is 3.85. The van der Waals surface area contributed by atoms with Gasteiger partial charge in [0.1, 0.15) is 0 Å². The van der Waals surface area contributed by atoms with Crippen LogP contribution in [0.25, 0.3) is 0 Å². The third kappa shape index (κ3) is 5.32. The molecule has 2 rings (SSSR count). The van der Waals surface area contributed by atoms with E-state index in [2.05, 4.69) is 10.00 Å². The van der Waals surface area contributed by atoms with Crippen molar-refractivity contribution < 1.29 is 18.3 Å². The Bertz CT molecular complexity index is 433. The highest BCUT2D eigenvalue weighted by Gasteiger charge is 2.28. The van der Waals surface area contributed by atoms with Crippen LogP contribution in [-0.4, -0.2) is 52.2 Å². The molecule has 1 saturated heterocycles. The number of aliphatic hydroxyl groups is 1. The molecule has 0 saturated carbocycles. The predicted molar refractivity (Wildman–Crippen MR) is 73.0 cm³/mol. The summed E-state index contributed by atoms with van der Waals surface area (Å²) in [5, 5.41) is 13.3. The van der Waals surface area contributed by atoms with Gasteiger partial charge in [0.25, 0.3) is 0 Å². The molecule has 0 aliphatic carbocycles. The van der Waals surface area contributed by atoms with Crippen LogP contribution in [0.15, 0.2) is 12.3 Å². The summed E-state index contributed by atoms with van der Waals surface area (Å²) >= 11 is 0. The summed E-state index contributed by atoms with van der Waals surface area (Å²) in [7, 11) is 0. The van der Waals surface area contributed by atoms with Crippen molar-refractivity contribution in [2.45, 2.75) is 44.3 Å². The first-order valence-electron chi connectivity index (χ1n) is 7.41. The molecule has 7 heteroatoms. The van der Waals surface area contributed by atoms with E-state index >= 15 is 0 Å². The number of aliphatic hydroxyl groups excluding tert-OH is 1.